The van der Waals surface area contributed by atoms with E-state index in [-0.39, 0.29) is 6.10 Å². The van der Waals surface area contributed by atoms with Gasteiger partial charge in [0.15, 0.2) is 0 Å². The molecule has 0 saturated heterocycles. The van der Waals surface area contributed by atoms with Gasteiger partial charge in [0.2, 0.25) is 0 Å². The third kappa shape index (κ3) is 3.18. The zero-order valence-corrected chi connectivity index (χ0v) is 12.5. The van der Waals surface area contributed by atoms with E-state index in [0.717, 1.165) is 11.3 Å². The Morgan fingerprint density at radius 3 is 2.45 bits per heavy atom. The van der Waals surface area contributed by atoms with Crippen molar-refractivity contribution in [3.63, 3.8) is 0 Å². The lowest BCUT2D eigenvalue weighted by Gasteiger charge is -2.20. The average Bonchev–Trinajstić information content (AvgIpc) is 2.49. The Labute approximate surface area is 128 Å². The molecule has 0 radical (unpaired) electrons. The molecule has 0 spiro atoms. The van der Waals surface area contributed by atoms with Crippen LogP contribution in [0.3, 0.4) is 0 Å². The van der Waals surface area contributed by atoms with E-state index in [1.54, 1.807) is 25.3 Å². The summed E-state index contributed by atoms with van der Waals surface area (Å²) in [5.74, 6) is 1.22. The maximum Gasteiger partial charge on any atom is 0.140 e. The Bertz CT molecular complexity index is 590. The fourth-order valence-electron chi connectivity index (χ4n) is 1.90. The predicted octanol–water partition coefficient (Wildman–Crippen LogP) is 4.08. The lowest BCUT2D eigenvalue weighted by Crippen LogP contribution is -2.19. The highest BCUT2D eigenvalue weighted by atomic mass is 35.5. The first-order valence-corrected chi connectivity index (χ1v) is 6.86. The summed E-state index contributed by atoms with van der Waals surface area (Å²) in [7, 11) is 1.61. The SMILES string of the molecule is COc1ccccc1C(CN)Oc1cccc(Cl)c1Cl. The minimum absolute atomic E-state index is 0.295. The highest BCUT2D eigenvalue weighted by Gasteiger charge is 2.18. The monoisotopic (exact) mass is 311 g/mol. The fourth-order valence-corrected chi connectivity index (χ4v) is 2.24. The van der Waals surface area contributed by atoms with Gasteiger partial charge in [0.1, 0.15) is 22.6 Å². The predicted molar refractivity (Wildman–Crippen MR) is 81.9 cm³/mol. The first-order valence-electron chi connectivity index (χ1n) is 6.11. The molecule has 106 valence electrons. The molecule has 0 aliphatic heterocycles. The van der Waals surface area contributed by atoms with Gasteiger partial charge in [-0.05, 0) is 18.2 Å². The van der Waals surface area contributed by atoms with Gasteiger partial charge in [-0.15, -0.1) is 0 Å². The topological polar surface area (TPSA) is 44.5 Å². The van der Waals surface area contributed by atoms with E-state index in [4.69, 9.17) is 38.4 Å². The Hall–Kier alpha value is -1.42. The van der Waals surface area contributed by atoms with Crippen molar-refractivity contribution in [1.29, 1.82) is 0 Å². The first kappa shape index (κ1) is 15.0. The van der Waals surface area contributed by atoms with Crippen molar-refractivity contribution < 1.29 is 9.47 Å². The number of benzene rings is 2. The maximum atomic E-state index is 6.13. The lowest BCUT2D eigenvalue weighted by molar-refractivity contribution is 0.209. The summed E-state index contributed by atoms with van der Waals surface area (Å²) in [6, 6.07) is 12.8. The highest BCUT2D eigenvalue weighted by molar-refractivity contribution is 6.42. The van der Waals surface area contributed by atoms with Gasteiger partial charge in [0, 0.05) is 12.1 Å². The van der Waals surface area contributed by atoms with Gasteiger partial charge in [0.25, 0.3) is 0 Å². The summed E-state index contributed by atoms with van der Waals surface area (Å²) in [6.07, 6.45) is -0.359. The average molecular weight is 312 g/mol. The van der Waals surface area contributed by atoms with Crippen LogP contribution < -0.4 is 15.2 Å². The lowest BCUT2D eigenvalue weighted by atomic mass is 10.1. The smallest absolute Gasteiger partial charge is 0.140 e. The van der Waals surface area contributed by atoms with Gasteiger partial charge >= 0.3 is 0 Å². The summed E-state index contributed by atoms with van der Waals surface area (Å²) in [6.45, 7) is 0.295. The second kappa shape index (κ2) is 6.84. The number of hydrogen-bond acceptors (Lipinski definition) is 3. The normalized spacial score (nSPS) is 12.0. The van der Waals surface area contributed by atoms with Crippen molar-refractivity contribution in [1.82, 2.24) is 0 Å². The van der Waals surface area contributed by atoms with Crippen molar-refractivity contribution in [3.8, 4) is 11.5 Å². The highest BCUT2D eigenvalue weighted by Crippen LogP contribution is 2.35. The third-order valence-electron chi connectivity index (χ3n) is 2.89. The van der Waals surface area contributed by atoms with E-state index >= 15 is 0 Å². The summed E-state index contributed by atoms with van der Waals surface area (Å²) in [5, 5.41) is 0.822. The van der Waals surface area contributed by atoms with Crippen molar-refractivity contribution in [2.75, 3.05) is 13.7 Å². The second-order valence-electron chi connectivity index (χ2n) is 4.14. The van der Waals surface area contributed by atoms with E-state index in [9.17, 15) is 0 Å². The van der Waals surface area contributed by atoms with Crippen LogP contribution in [0.25, 0.3) is 0 Å². The minimum Gasteiger partial charge on any atom is -0.496 e. The Morgan fingerprint density at radius 2 is 1.75 bits per heavy atom. The van der Waals surface area contributed by atoms with E-state index in [2.05, 4.69) is 0 Å². The Balaban J connectivity index is 2.31. The number of methoxy groups -OCH3 is 1. The molecule has 0 saturated carbocycles. The number of ether oxygens (including phenoxy) is 2. The van der Waals surface area contributed by atoms with Crippen LogP contribution in [0, 0.1) is 0 Å². The molecule has 5 heteroatoms. The van der Waals surface area contributed by atoms with E-state index in [1.165, 1.54) is 0 Å². The van der Waals surface area contributed by atoms with Crippen molar-refractivity contribution in [3.05, 3.63) is 58.1 Å². The summed E-state index contributed by atoms with van der Waals surface area (Å²) in [5.41, 5.74) is 6.68. The first-order chi connectivity index (χ1) is 9.67. The molecule has 0 aliphatic rings. The van der Waals surface area contributed by atoms with Gasteiger partial charge in [-0.25, -0.2) is 0 Å². The molecule has 1 unspecified atom stereocenters. The molecule has 0 aromatic heterocycles. The van der Waals surface area contributed by atoms with Crippen LogP contribution in [-0.4, -0.2) is 13.7 Å². The van der Waals surface area contributed by atoms with Crippen molar-refractivity contribution >= 4 is 23.2 Å². The largest absolute Gasteiger partial charge is 0.496 e. The fraction of sp³-hybridized carbons (Fsp3) is 0.200. The van der Waals surface area contributed by atoms with Crippen LogP contribution in [0.4, 0.5) is 0 Å². The standard InChI is InChI=1S/C15H15Cl2NO2/c1-19-12-7-3-2-5-10(12)14(9-18)20-13-8-4-6-11(16)15(13)17/h2-8,14H,9,18H2,1H3. The summed E-state index contributed by atoms with van der Waals surface area (Å²) >= 11 is 12.1. The Kier molecular flexibility index (Phi) is 5.12. The zero-order valence-electron chi connectivity index (χ0n) is 11.0. The molecule has 0 aliphatic carbocycles. The molecule has 2 N–H and O–H groups in total. The molecule has 0 bridgehead atoms. The van der Waals surface area contributed by atoms with Gasteiger partial charge < -0.3 is 15.2 Å². The number of hydrogen-bond donors (Lipinski definition) is 1. The van der Waals surface area contributed by atoms with Crippen LogP contribution in [0.1, 0.15) is 11.7 Å². The number of rotatable bonds is 5. The van der Waals surface area contributed by atoms with Crippen LogP contribution in [0.2, 0.25) is 10.0 Å². The molecule has 2 rings (SSSR count). The van der Waals surface area contributed by atoms with E-state index in [1.807, 2.05) is 24.3 Å². The van der Waals surface area contributed by atoms with Gasteiger partial charge in [-0.3, -0.25) is 0 Å². The molecule has 0 heterocycles. The number of halogens is 2. The van der Waals surface area contributed by atoms with E-state index < -0.39 is 0 Å². The molecule has 0 amide bonds. The molecular weight excluding hydrogens is 297 g/mol. The minimum atomic E-state index is -0.359. The summed E-state index contributed by atoms with van der Waals surface area (Å²) in [4.78, 5) is 0. The van der Waals surface area contributed by atoms with Crippen LogP contribution in [-0.2, 0) is 0 Å². The van der Waals surface area contributed by atoms with Crippen LogP contribution >= 0.6 is 23.2 Å². The molecule has 0 fully saturated rings. The van der Waals surface area contributed by atoms with Crippen molar-refractivity contribution in [2.24, 2.45) is 5.73 Å². The maximum absolute atomic E-state index is 6.13. The molecule has 1 atom stereocenters. The summed E-state index contributed by atoms with van der Waals surface area (Å²) < 4.78 is 11.2. The third-order valence-corrected chi connectivity index (χ3v) is 3.69. The molecular formula is C15H15Cl2NO2. The van der Waals surface area contributed by atoms with Crippen LogP contribution in [0.5, 0.6) is 11.5 Å². The van der Waals surface area contributed by atoms with E-state index in [0.29, 0.717) is 22.3 Å². The number of para-hydroxylation sites is 1. The molecule has 3 nitrogen and oxygen atoms in total. The quantitative estimate of drug-likeness (QED) is 0.904. The number of nitrogens with two attached hydrogens (primary N) is 1. The molecule has 2 aromatic rings. The molecule has 2 aromatic carbocycles. The van der Waals surface area contributed by atoms with Gasteiger partial charge in [-0.2, -0.15) is 0 Å². The van der Waals surface area contributed by atoms with Gasteiger partial charge in [0.05, 0.1) is 12.1 Å². The molecule has 20 heavy (non-hydrogen) atoms. The Morgan fingerprint density at radius 1 is 1.05 bits per heavy atom. The van der Waals surface area contributed by atoms with Crippen molar-refractivity contribution in [2.45, 2.75) is 6.10 Å². The zero-order chi connectivity index (χ0) is 14.5. The van der Waals surface area contributed by atoms with Gasteiger partial charge in [-0.1, -0.05) is 47.5 Å². The second-order valence-corrected chi connectivity index (χ2v) is 4.92. The van der Waals surface area contributed by atoms with Crippen LogP contribution in [0.15, 0.2) is 42.5 Å².